The maximum Gasteiger partial charge on any atom is 0.416 e. The van der Waals surface area contributed by atoms with Gasteiger partial charge in [0.25, 0.3) is 0 Å². The van der Waals surface area contributed by atoms with E-state index in [2.05, 4.69) is 10.3 Å². The van der Waals surface area contributed by atoms with Gasteiger partial charge >= 0.3 is 6.18 Å². The third-order valence-electron chi connectivity index (χ3n) is 5.18. The van der Waals surface area contributed by atoms with E-state index in [-0.39, 0.29) is 22.3 Å². The third-order valence-corrected chi connectivity index (χ3v) is 6.46. The SMILES string of the molecule is CCOc1ccccc1-n1c(-c2ccc(F)cc2)cnc1SCC(=O)Nc1cc(C(F)(F)F)ccc1Cl. The Morgan fingerprint density at radius 3 is 2.54 bits per heavy atom. The molecule has 0 aliphatic heterocycles. The maximum absolute atomic E-state index is 13.5. The molecule has 0 saturated carbocycles. The lowest BCUT2D eigenvalue weighted by Gasteiger charge is -2.16. The number of imidazole rings is 1. The van der Waals surface area contributed by atoms with Crippen LogP contribution in [-0.2, 0) is 11.0 Å². The number of para-hydroxylation sites is 2. The fraction of sp³-hybridized carbons (Fsp3) is 0.154. The van der Waals surface area contributed by atoms with E-state index >= 15 is 0 Å². The van der Waals surface area contributed by atoms with Crippen LogP contribution in [-0.4, -0.2) is 27.8 Å². The van der Waals surface area contributed by atoms with E-state index in [4.69, 9.17) is 16.3 Å². The number of nitrogens with zero attached hydrogens (tertiary/aromatic N) is 2. The Hall–Kier alpha value is -3.50. The molecule has 3 aromatic carbocycles. The number of nitrogens with one attached hydrogen (secondary N) is 1. The van der Waals surface area contributed by atoms with Crippen LogP contribution in [0.5, 0.6) is 5.75 Å². The molecule has 0 atom stereocenters. The van der Waals surface area contributed by atoms with Crippen molar-refractivity contribution in [3.63, 3.8) is 0 Å². The molecule has 0 aliphatic carbocycles. The molecule has 11 heteroatoms. The second-order valence-corrected chi connectivity index (χ2v) is 9.05. The number of halogens is 5. The van der Waals surface area contributed by atoms with Crippen molar-refractivity contribution in [1.29, 1.82) is 0 Å². The highest BCUT2D eigenvalue weighted by Gasteiger charge is 2.31. The van der Waals surface area contributed by atoms with Gasteiger partial charge in [0.15, 0.2) is 5.16 Å². The maximum atomic E-state index is 13.5. The van der Waals surface area contributed by atoms with E-state index in [0.717, 1.165) is 30.0 Å². The van der Waals surface area contributed by atoms with Crippen LogP contribution in [0.3, 0.4) is 0 Å². The number of amides is 1. The Bertz CT molecular complexity index is 1410. The predicted octanol–water partition coefficient (Wildman–Crippen LogP) is 7.48. The quantitative estimate of drug-likeness (QED) is 0.183. The summed E-state index contributed by atoms with van der Waals surface area (Å²) in [5, 5.41) is 2.84. The average Bonchev–Trinajstić information content (AvgIpc) is 3.28. The zero-order valence-electron chi connectivity index (χ0n) is 19.4. The highest BCUT2D eigenvalue weighted by Crippen LogP contribution is 2.36. The minimum absolute atomic E-state index is 0.0166. The van der Waals surface area contributed by atoms with Crippen molar-refractivity contribution in [2.45, 2.75) is 18.3 Å². The lowest BCUT2D eigenvalue weighted by Crippen LogP contribution is -2.16. The van der Waals surface area contributed by atoms with Gasteiger partial charge in [-0.3, -0.25) is 9.36 Å². The van der Waals surface area contributed by atoms with Gasteiger partial charge < -0.3 is 10.1 Å². The van der Waals surface area contributed by atoms with Crippen molar-refractivity contribution < 1.29 is 27.1 Å². The Kier molecular flexibility index (Phi) is 8.09. The van der Waals surface area contributed by atoms with E-state index in [0.29, 0.717) is 34.5 Å². The van der Waals surface area contributed by atoms with Crippen molar-refractivity contribution in [3.8, 4) is 22.7 Å². The zero-order chi connectivity index (χ0) is 26.6. The number of alkyl halides is 3. The van der Waals surface area contributed by atoms with Gasteiger partial charge in [-0.2, -0.15) is 13.2 Å². The number of hydrogen-bond donors (Lipinski definition) is 1. The van der Waals surface area contributed by atoms with E-state index in [1.54, 1.807) is 29.0 Å². The molecule has 1 aromatic heterocycles. The number of hydrogen-bond acceptors (Lipinski definition) is 4. The molecule has 5 nitrogen and oxygen atoms in total. The normalized spacial score (nSPS) is 11.4. The van der Waals surface area contributed by atoms with Gasteiger partial charge in [-0.1, -0.05) is 35.5 Å². The number of ether oxygens (including phenoxy) is 1. The molecule has 4 rings (SSSR count). The molecule has 0 bridgehead atoms. The number of rotatable bonds is 8. The monoisotopic (exact) mass is 549 g/mol. The number of aromatic nitrogens is 2. The second-order valence-electron chi connectivity index (χ2n) is 7.70. The summed E-state index contributed by atoms with van der Waals surface area (Å²) in [4.78, 5) is 17.1. The van der Waals surface area contributed by atoms with E-state index in [9.17, 15) is 22.4 Å². The van der Waals surface area contributed by atoms with Crippen LogP contribution in [0.1, 0.15) is 12.5 Å². The first-order chi connectivity index (χ1) is 17.7. The zero-order valence-corrected chi connectivity index (χ0v) is 20.9. The Balaban J connectivity index is 1.63. The smallest absolute Gasteiger partial charge is 0.416 e. The predicted molar refractivity (Wildman–Crippen MR) is 136 cm³/mol. The average molecular weight is 550 g/mol. The van der Waals surface area contributed by atoms with Crippen molar-refractivity contribution in [1.82, 2.24) is 9.55 Å². The van der Waals surface area contributed by atoms with Gasteiger partial charge in [-0.05, 0) is 61.5 Å². The molecule has 0 spiro atoms. The number of anilines is 1. The van der Waals surface area contributed by atoms with E-state index < -0.39 is 17.6 Å². The molecular weight excluding hydrogens is 530 g/mol. The second kappa shape index (κ2) is 11.3. The lowest BCUT2D eigenvalue weighted by molar-refractivity contribution is -0.137. The summed E-state index contributed by atoms with van der Waals surface area (Å²) in [6, 6.07) is 15.9. The minimum Gasteiger partial charge on any atom is -0.492 e. The number of benzene rings is 3. The van der Waals surface area contributed by atoms with Gasteiger partial charge in [0.1, 0.15) is 11.6 Å². The topological polar surface area (TPSA) is 56.2 Å². The summed E-state index contributed by atoms with van der Waals surface area (Å²) in [5.41, 5.74) is 0.916. The van der Waals surface area contributed by atoms with Crippen LogP contribution in [0.4, 0.5) is 23.2 Å². The van der Waals surface area contributed by atoms with E-state index in [1.165, 1.54) is 12.1 Å². The number of carbonyl (C=O) groups is 1. The highest BCUT2D eigenvalue weighted by atomic mass is 35.5. The first-order valence-corrected chi connectivity index (χ1v) is 12.4. The molecule has 1 heterocycles. The van der Waals surface area contributed by atoms with Crippen molar-refractivity contribution in [2.75, 3.05) is 17.7 Å². The summed E-state index contributed by atoms with van der Waals surface area (Å²) in [5.74, 6) is -0.539. The Morgan fingerprint density at radius 1 is 1.11 bits per heavy atom. The van der Waals surface area contributed by atoms with Crippen LogP contribution >= 0.6 is 23.4 Å². The van der Waals surface area contributed by atoms with Gasteiger partial charge in [-0.25, -0.2) is 9.37 Å². The first kappa shape index (κ1) is 26.6. The molecule has 0 fully saturated rings. The third kappa shape index (κ3) is 6.26. The summed E-state index contributed by atoms with van der Waals surface area (Å²) >= 11 is 7.07. The van der Waals surface area contributed by atoms with Gasteiger partial charge in [0.2, 0.25) is 5.91 Å². The van der Waals surface area contributed by atoms with Gasteiger partial charge in [-0.15, -0.1) is 0 Å². The fourth-order valence-corrected chi connectivity index (χ4v) is 4.48. The summed E-state index contributed by atoms with van der Waals surface area (Å²) in [6.07, 6.45) is -2.98. The van der Waals surface area contributed by atoms with Crippen LogP contribution in [0, 0.1) is 5.82 Å². The van der Waals surface area contributed by atoms with Gasteiger partial charge in [0, 0.05) is 5.56 Å². The minimum atomic E-state index is -4.58. The Labute approximate surface area is 219 Å². The molecular formula is C26H20ClF4N3O2S. The molecule has 0 unspecified atom stereocenters. The summed E-state index contributed by atoms with van der Waals surface area (Å²) in [6.45, 7) is 2.27. The molecule has 0 saturated heterocycles. The summed E-state index contributed by atoms with van der Waals surface area (Å²) in [7, 11) is 0. The highest BCUT2D eigenvalue weighted by molar-refractivity contribution is 7.99. The summed E-state index contributed by atoms with van der Waals surface area (Å²) < 4.78 is 60.3. The molecule has 1 amide bonds. The molecule has 37 heavy (non-hydrogen) atoms. The molecule has 4 aromatic rings. The lowest BCUT2D eigenvalue weighted by atomic mass is 10.1. The van der Waals surface area contributed by atoms with Crippen molar-refractivity contribution in [2.24, 2.45) is 0 Å². The van der Waals surface area contributed by atoms with Crippen LogP contribution < -0.4 is 10.1 Å². The van der Waals surface area contributed by atoms with Crippen molar-refractivity contribution in [3.05, 3.63) is 89.3 Å². The van der Waals surface area contributed by atoms with Crippen LogP contribution in [0.2, 0.25) is 5.02 Å². The van der Waals surface area contributed by atoms with Crippen LogP contribution in [0.25, 0.3) is 16.9 Å². The van der Waals surface area contributed by atoms with Gasteiger partial charge in [0.05, 0.1) is 46.2 Å². The number of thioether (sulfide) groups is 1. The largest absolute Gasteiger partial charge is 0.492 e. The standard InChI is InChI=1S/C26H20ClF4N3O2S/c1-2-36-23-6-4-3-5-21(23)34-22(16-7-10-18(28)11-8-16)14-32-25(34)37-15-24(35)33-20-13-17(26(29,30)31)9-12-19(20)27/h3-14H,2,15H2,1H3,(H,33,35). The molecule has 1 N–H and O–H groups in total. The molecule has 0 radical (unpaired) electrons. The fourth-order valence-electron chi connectivity index (χ4n) is 3.53. The van der Waals surface area contributed by atoms with E-state index in [1.807, 2.05) is 25.1 Å². The Morgan fingerprint density at radius 2 is 1.84 bits per heavy atom. The first-order valence-electron chi connectivity index (χ1n) is 11.0. The molecule has 192 valence electrons. The number of carbonyl (C=O) groups excluding carboxylic acids is 1. The van der Waals surface area contributed by atoms with Crippen LogP contribution in [0.15, 0.2) is 78.1 Å². The molecule has 0 aliphatic rings. The van der Waals surface area contributed by atoms with Crippen molar-refractivity contribution >= 4 is 35.0 Å².